The first kappa shape index (κ1) is 12.3. The minimum Gasteiger partial charge on any atom is -0.466 e. The van der Waals surface area contributed by atoms with Crippen LogP contribution in [0.1, 0.15) is 36.5 Å². The van der Waals surface area contributed by atoms with Crippen LogP contribution in [0.3, 0.4) is 0 Å². The van der Waals surface area contributed by atoms with Gasteiger partial charge in [-0.15, -0.1) is 0 Å². The number of nitrogens with one attached hydrogen (secondary N) is 1. The topological polar surface area (TPSA) is 34.4 Å². The van der Waals surface area contributed by atoms with Gasteiger partial charge >= 0.3 is 0 Å². The lowest BCUT2D eigenvalue weighted by Crippen LogP contribution is -2.22. The first-order valence-electron chi connectivity index (χ1n) is 5.51. The van der Waals surface area contributed by atoms with E-state index in [9.17, 15) is 0 Å². The van der Waals surface area contributed by atoms with Crippen molar-refractivity contribution in [2.75, 3.05) is 20.3 Å². The molecule has 1 unspecified atom stereocenters. The van der Waals surface area contributed by atoms with E-state index in [0.717, 1.165) is 24.5 Å². The van der Waals surface area contributed by atoms with Crippen LogP contribution in [0.5, 0.6) is 0 Å². The smallest absolute Gasteiger partial charge is 0.105 e. The van der Waals surface area contributed by atoms with Gasteiger partial charge in [-0.1, -0.05) is 6.92 Å². The second-order valence-electron chi connectivity index (χ2n) is 3.78. The minimum absolute atomic E-state index is 0.231. The number of rotatable bonds is 6. The third-order valence-electron chi connectivity index (χ3n) is 2.44. The van der Waals surface area contributed by atoms with E-state index >= 15 is 0 Å². The molecule has 3 nitrogen and oxygen atoms in total. The third kappa shape index (κ3) is 3.36. The van der Waals surface area contributed by atoms with Gasteiger partial charge in [0.05, 0.1) is 12.6 Å². The van der Waals surface area contributed by atoms with E-state index in [1.54, 1.807) is 0 Å². The summed E-state index contributed by atoms with van der Waals surface area (Å²) in [5.74, 6) is 1.94. The van der Waals surface area contributed by atoms with Gasteiger partial charge in [-0.3, -0.25) is 0 Å². The first-order valence-corrected chi connectivity index (χ1v) is 5.51. The highest BCUT2D eigenvalue weighted by molar-refractivity contribution is 5.24. The predicted octanol–water partition coefficient (Wildman–Crippen LogP) is 2.58. The van der Waals surface area contributed by atoms with Crippen LogP contribution in [0.2, 0.25) is 0 Å². The van der Waals surface area contributed by atoms with Crippen molar-refractivity contribution in [3.05, 3.63) is 23.2 Å². The quantitative estimate of drug-likeness (QED) is 0.734. The maximum Gasteiger partial charge on any atom is 0.105 e. The van der Waals surface area contributed by atoms with Crippen molar-refractivity contribution >= 4 is 0 Å². The Morgan fingerprint density at radius 2 is 2.20 bits per heavy atom. The highest BCUT2D eigenvalue weighted by atomic mass is 16.5. The van der Waals surface area contributed by atoms with Gasteiger partial charge in [0.1, 0.15) is 11.5 Å². The lowest BCUT2D eigenvalue weighted by atomic mass is 10.1. The molecule has 0 amide bonds. The Morgan fingerprint density at radius 1 is 1.47 bits per heavy atom. The molecule has 0 bridgehead atoms. The van der Waals surface area contributed by atoms with Crippen LogP contribution in [-0.2, 0) is 4.74 Å². The summed E-state index contributed by atoms with van der Waals surface area (Å²) in [6.45, 7) is 7.59. The van der Waals surface area contributed by atoms with Gasteiger partial charge in [-0.2, -0.15) is 0 Å². The Hall–Kier alpha value is -0.800. The number of hydrogen-bond donors (Lipinski definition) is 1. The third-order valence-corrected chi connectivity index (χ3v) is 2.44. The monoisotopic (exact) mass is 211 g/mol. The number of aryl methyl sites for hydroxylation is 2. The van der Waals surface area contributed by atoms with Crippen molar-refractivity contribution in [2.45, 2.75) is 33.2 Å². The minimum atomic E-state index is 0.231. The number of likely N-dealkylation sites (N-methyl/N-ethyl adjacent to an activating group) is 1. The lowest BCUT2D eigenvalue weighted by molar-refractivity contribution is 0.113. The Morgan fingerprint density at radius 3 is 2.67 bits per heavy atom. The molecule has 86 valence electrons. The van der Waals surface area contributed by atoms with Gasteiger partial charge in [0.2, 0.25) is 0 Å². The van der Waals surface area contributed by atoms with E-state index in [1.165, 1.54) is 5.56 Å². The normalized spacial score (nSPS) is 13.1. The molecule has 1 rings (SSSR count). The molecule has 0 aliphatic rings. The molecule has 1 heterocycles. The van der Waals surface area contributed by atoms with Crippen LogP contribution in [0.25, 0.3) is 0 Å². The number of ether oxygens (including phenoxy) is 1. The highest BCUT2D eigenvalue weighted by Gasteiger charge is 2.15. The molecule has 1 N–H and O–H groups in total. The Labute approximate surface area is 91.8 Å². The zero-order valence-electron chi connectivity index (χ0n) is 10.1. The van der Waals surface area contributed by atoms with Gasteiger partial charge in [-0.25, -0.2) is 0 Å². The average Bonchev–Trinajstić information content (AvgIpc) is 2.53. The lowest BCUT2D eigenvalue weighted by Gasteiger charge is -2.15. The van der Waals surface area contributed by atoms with Crippen LogP contribution in [0, 0.1) is 13.8 Å². The van der Waals surface area contributed by atoms with Gasteiger partial charge in [0, 0.05) is 12.2 Å². The second kappa shape index (κ2) is 5.93. The Balaban J connectivity index is 2.61. The van der Waals surface area contributed by atoms with Gasteiger partial charge in [-0.05, 0) is 33.4 Å². The molecule has 0 saturated heterocycles. The molecule has 1 aromatic rings. The molecule has 3 heteroatoms. The molecule has 0 fully saturated rings. The van der Waals surface area contributed by atoms with Crippen molar-refractivity contribution < 1.29 is 9.15 Å². The first-order chi connectivity index (χ1) is 7.19. The van der Waals surface area contributed by atoms with Crippen molar-refractivity contribution in [3.63, 3.8) is 0 Å². The van der Waals surface area contributed by atoms with Crippen molar-refractivity contribution in [1.29, 1.82) is 0 Å². The maximum absolute atomic E-state index is 5.55. The molecule has 0 saturated carbocycles. The summed E-state index contributed by atoms with van der Waals surface area (Å²) < 4.78 is 11.1. The van der Waals surface area contributed by atoms with Gasteiger partial charge in [0.25, 0.3) is 0 Å². The molecule has 0 spiro atoms. The van der Waals surface area contributed by atoms with E-state index < -0.39 is 0 Å². The molecular formula is C12H21NO2. The van der Waals surface area contributed by atoms with E-state index in [0.29, 0.717) is 6.61 Å². The van der Waals surface area contributed by atoms with E-state index in [1.807, 2.05) is 20.9 Å². The predicted molar refractivity (Wildman–Crippen MR) is 61.1 cm³/mol. The number of hydrogen-bond acceptors (Lipinski definition) is 3. The van der Waals surface area contributed by atoms with E-state index in [-0.39, 0.29) is 6.04 Å². The molecule has 0 aliphatic carbocycles. The summed E-state index contributed by atoms with van der Waals surface area (Å²) in [7, 11) is 1.95. The van der Waals surface area contributed by atoms with E-state index in [2.05, 4.69) is 18.3 Å². The fourth-order valence-corrected chi connectivity index (χ4v) is 1.67. The Bertz CT molecular complexity index is 294. The van der Waals surface area contributed by atoms with Gasteiger partial charge in [0.15, 0.2) is 0 Å². The summed E-state index contributed by atoms with van der Waals surface area (Å²) in [5, 5.41) is 3.25. The Kier molecular flexibility index (Phi) is 4.85. The maximum atomic E-state index is 5.55. The zero-order valence-corrected chi connectivity index (χ0v) is 10.1. The fourth-order valence-electron chi connectivity index (χ4n) is 1.67. The molecule has 1 atom stereocenters. The van der Waals surface area contributed by atoms with Crippen LogP contribution in [-0.4, -0.2) is 20.3 Å². The van der Waals surface area contributed by atoms with Gasteiger partial charge < -0.3 is 14.5 Å². The second-order valence-corrected chi connectivity index (χ2v) is 3.78. The van der Waals surface area contributed by atoms with Crippen LogP contribution < -0.4 is 5.32 Å². The van der Waals surface area contributed by atoms with Crippen LogP contribution in [0.15, 0.2) is 10.5 Å². The van der Waals surface area contributed by atoms with Crippen molar-refractivity contribution in [1.82, 2.24) is 5.32 Å². The molecule has 0 radical (unpaired) electrons. The largest absolute Gasteiger partial charge is 0.466 e. The van der Waals surface area contributed by atoms with Crippen molar-refractivity contribution in [3.8, 4) is 0 Å². The molecule has 1 aromatic heterocycles. The SMILES string of the molecule is CCCOCC(NC)c1cc(C)oc1C. The van der Waals surface area contributed by atoms with Crippen molar-refractivity contribution in [2.24, 2.45) is 0 Å². The molecule has 0 aromatic carbocycles. The summed E-state index contributed by atoms with van der Waals surface area (Å²) in [6.07, 6.45) is 1.06. The zero-order chi connectivity index (χ0) is 11.3. The summed E-state index contributed by atoms with van der Waals surface area (Å²) in [4.78, 5) is 0. The van der Waals surface area contributed by atoms with Crippen LogP contribution in [0.4, 0.5) is 0 Å². The molecular weight excluding hydrogens is 190 g/mol. The number of furan rings is 1. The summed E-state index contributed by atoms with van der Waals surface area (Å²) in [5.41, 5.74) is 1.20. The van der Waals surface area contributed by atoms with Crippen LogP contribution >= 0.6 is 0 Å². The standard InChI is InChI=1S/C12H21NO2/c1-5-6-14-8-12(13-4)11-7-9(2)15-10(11)3/h7,12-13H,5-6,8H2,1-4H3. The fraction of sp³-hybridized carbons (Fsp3) is 0.667. The van der Waals surface area contributed by atoms with E-state index in [4.69, 9.17) is 9.15 Å². The average molecular weight is 211 g/mol. The molecule has 15 heavy (non-hydrogen) atoms. The summed E-state index contributed by atoms with van der Waals surface area (Å²) in [6, 6.07) is 2.31. The summed E-state index contributed by atoms with van der Waals surface area (Å²) >= 11 is 0. The molecule has 0 aliphatic heterocycles. The highest BCUT2D eigenvalue weighted by Crippen LogP contribution is 2.21.